The highest BCUT2D eigenvalue weighted by Gasteiger charge is 2.62. The lowest BCUT2D eigenvalue weighted by molar-refractivity contribution is -0.140. The Labute approximate surface area is 361 Å². The fourth-order valence-electron chi connectivity index (χ4n) is 8.46. The summed E-state index contributed by atoms with van der Waals surface area (Å²) < 4.78 is 46.2. The summed E-state index contributed by atoms with van der Waals surface area (Å²) >= 11 is 1.14. The Morgan fingerprint density at radius 1 is 1.08 bits per heavy atom. The number of ketones is 1. The maximum absolute atomic E-state index is 14.9. The van der Waals surface area contributed by atoms with E-state index in [0.29, 0.717) is 76.6 Å². The topological polar surface area (TPSA) is 191 Å². The Balaban J connectivity index is 1.23. The molecule has 2 saturated carbocycles. The number of sulfonamides is 1. The van der Waals surface area contributed by atoms with E-state index in [9.17, 15) is 32.7 Å². The van der Waals surface area contributed by atoms with E-state index in [0.717, 1.165) is 29.7 Å². The number of aromatic nitrogens is 1. The molecule has 4 heterocycles. The Kier molecular flexibility index (Phi) is 12.4. The summed E-state index contributed by atoms with van der Waals surface area (Å²) in [5, 5.41) is 14.2. The number of fused-ring (bicyclic) bond motifs is 3. The Hall–Kier alpha value is -4.54. The van der Waals surface area contributed by atoms with Gasteiger partial charge in [-0.1, -0.05) is 25.0 Å². The van der Waals surface area contributed by atoms with E-state index < -0.39 is 67.5 Å². The average molecular weight is 879 g/mol. The van der Waals surface area contributed by atoms with E-state index >= 15 is 0 Å². The van der Waals surface area contributed by atoms with Crippen LogP contribution in [0.1, 0.15) is 119 Å². The number of benzene rings is 1. The lowest BCUT2D eigenvalue weighted by Gasteiger charge is -2.29. The summed E-state index contributed by atoms with van der Waals surface area (Å²) in [5.74, 6) is -0.969. The Morgan fingerprint density at radius 3 is 2.51 bits per heavy atom. The minimum atomic E-state index is -3.98. The third kappa shape index (κ3) is 9.31. The van der Waals surface area contributed by atoms with Crippen LogP contribution < -0.4 is 24.2 Å². The van der Waals surface area contributed by atoms with Crippen LogP contribution in [0.2, 0.25) is 0 Å². The largest absolute Gasteiger partial charge is 0.496 e. The summed E-state index contributed by atoms with van der Waals surface area (Å²) in [4.78, 5) is 64.7. The van der Waals surface area contributed by atoms with E-state index in [1.807, 2.05) is 45.1 Å². The number of methoxy groups -OCH3 is 1. The van der Waals surface area contributed by atoms with Crippen LogP contribution in [0.15, 0.2) is 42.5 Å². The number of nitrogens with zero attached hydrogens (tertiary/aromatic N) is 2. The average Bonchev–Trinajstić information content (AvgIpc) is 3.95. The van der Waals surface area contributed by atoms with E-state index in [1.165, 1.54) is 4.90 Å². The highest BCUT2D eigenvalue weighted by molar-refractivity contribution is 7.91. The van der Waals surface area contributed by atoms with E-state index in [-0.39, 0.29) is 31.4 Å². The lowest BCUT2D eigenvalue weighted by atomic mass is 9.91. The molecule has 3 N–H and O–H groups in total. The van der Waals surface area contributed by atoms with Crippen molar-refractivity contribution in [1.29, 1.82) is 0 Å². The first kappa shape index (κ1) is 44.5. The predicted octanol–water partition coefficient (Wildman–Crippen LogP) is 6.26. The molecule has 7 rings (SSSR count). The molecule has 0 radical (unpaired) electrons. The Bertz CT molecular complexity index is 2350. The number of nitrogens with one attached hydrogen (secondary N) is 2. The third-order valence-electron chi connectivity index (χ3n) is 12.6. The van der Waals surface area contributed by atoms with E-state index in [1.54, 1.807) is 46.1 Å². The zero-order valence-corrected chi connectivity index (χ0v) is 37.7. The van der Waals surface area contributed by atoms with Crippen LogP contribution in [0.25, 0.3) is 10.9 Å². The molecular weight excluding hydrogens is 821 g/mol. The first-order valence-corrected chi connectivity index (χ1v) is 23.6. The van der Waals surface area contributed by atoms with E-state index in [2.05, 4.69) is 10.0 Å². The maximum Gasteiger partial charge on any atom is 0.262 e. The number of hydrogen-bond acceptors (Lipinski definition) is 12. The molecule has 2 aliphatic carbocycles. The number of Topliss-reactive ketones (excluding diaryl/α,β-unsaturated/α-hetero) is 1. The molecule has 14 nitrogen and oxygen atoms in total. The van der Waals surface area contributed by atoms with Crippen LogP contribution in [0.4, 0.5) is 0 Å². The molecule has 3 fully saturated rings. The van der Waals surface area contributed by atoms with Gasteiger partial charge in [-0.25, -0.2) is 13.4 Å². The summed E-state index contributed by atoms with van der Waals surface area (Å²) in [6.07, 6.45) is 7.19. The highest BCUT2D eigenvalue weighted by atomic mass is 32.2. The van der Waals surface area contributed by atoms with Crippen LogP contribution in [0.3, 0.4) is 0 Å². The molecule has 330 valence electrons. The molecule has 3 amide bonds. The van der Waals surface area contributed by atoms with E-state index in [4.69, 9.17) is 19.2 Å². The number of rotatable bonds is 11. The predicted molar refractivity (Wildman–Crippen MR) is 231 cm³/mol. The monoisotopic (exact) mass is 878 g/mol. The number of aliphatic hydroxyl groups is 1. The Morgan fingerprint density at radius 2 is 1.84 bits per heavy atom. The van der Waals surface area contributed by atoms with Crippen LogP contribution in [-0.4, -0.2) is 89.6 Å². The molecule has 2 aromatic heterocycles. The first-order chi connectivity index (χ1) is 28.7. The second-order valence-electron chi connectivity index (χ2n) is 18.2. The molecule has 4 aliphatic rings. The molecule has 0 spiro atoms. The maximum atomic E-state index is 14.9. The van der Waals surface area contributed by atoms with Gasteiger partial charge in [0.25, 0.3) is 5.91 Å². The number of hydrogen-bond donors (Lipinski definition) is 3. The van der Waals surface area contributed by atoms with Crippen molar-refractivity contribution in [3.8, 4) is 17.4 Å². The van der Waals surface area contributed by atoms with Gasteiger partial charge >= 0.3 is 0 Å². The van der Waals surface area contributed by atoms with Gasteiger partial charge in [0.15, 0.2) is 5.78 Å². The molecular formula is C45H58N4O10S2. The zero-order chi connectivity index (χ0) is 44.1. The van der Waals surface area contributed by atoms with Crippen molar-refractivity contribution in [1.82, 2.24) is 19.9 Å². The number of pyridine rings is 1. The number of carbonyl (C=O) groups excluding carboxylic acids is 4. The van der Waals surface area contributed by atoms with Crippen molar-refractivity contribution < 1.29 is 46.9 Å². The fourth-order valence-corrected chi connectivity index (χ4v) is 10.7. The van der Waals surface area contributed by atoms with Crippen LogP contribution in [0, 0.1) is 18.3 Å². The first-order valence-electron chi connectivity index (χ1n) is 21.3. The summed E-state index contributed by atoms with van der Waals surface area (Å²) in [5.41, 5.74) is -1.08. The van der Waals surface area contributed by atoms with Crippen molar-refractivity contribution in [2.45, 2.75) is 140 Å². The smallest absolute Gasteiger partial charge is 0.262 e. The molecule has 1 saturated heterocycles. The highest BCUT2D eigenvalue weighted by Crippen LogP contribution is 2.57. The van der Waals surface area contributed by atoms with Crippen molar-refractivity contribution in [3.05, 3.63) is 57.8 Å². The number of thiophene rings is 1. The lowest BCUT2D eigenvalue weighted by Crippen LogP contribution is -2.52. The molecule has 3 aromatic rings. The van der Waals surface area contributed by atoms with Crippen LogP contribution in [0.5, 0.6) is 17.4 Å². The van der Waals surface area contributed by atoms with Gasteiger partial charge in [0.05, 0.1) is 52.0 Å². The molecule has 1 aromatic carbocycles. The molecule has 61 heavy (non-hydrogen) atoms. The van der Waals surface area contributed by atoms with Gasteiger partial charge in [-0.3, -0.25) is 23.9 Å². The van der Waals surface area contributed by atoms with Crippen molar-refractivity contribution >= 4 is 55.8 Å². The second kappa shape index (κ2) is 17.0. The molecule has 0 bridgehead atoms. The van der Waals surface area contributed by atoms with Gasteiger partial charge in [0, 0.05) is 34.7 Å². The van der Waals surface area contributed by atoms with Gasteiger partial charge in [-0.15, -0.1) is 11.3 Å². The minimum Gasteiger partial charge on any atom is -0.496 e. The second-order valence-corrected chi connectivity index (χ2v) is 21.5. The molecule has 2 aliphatic heterocycles. The number of amides is 3. The molecule has 0 unspecified atom stereocenters. The SMILES string of the molecule is COc1ccc2c(O[C@@H]3C[C@H]4C(=O)C[C@]5(C(=O)NS(=O)(=O)C6(C)CC6)C[C@H]5/C=C\CCCCC[C@H](NC(=O)c5ccc(C(C)(C)O)s5)C(=O)N4C3)cc(OC(C)C)nc2c1C. The zero-order valence-electron chi connectivity index (χ0n) is 36.0. The van der Waals surface area contributed by atoms with Gasteiger partial charge in [-0.2, -0.15) is 0 Å². The number of ether oxygens (including phenoxy) is 3. The quantitative estimate of drug-likeness (QED) is 0.184. The summed E-state index contributed by atoms with van der Waals surface area (Å²) in [6, 6.07) is 6.63. The van der Waals surface area contributed by atoms with Gasteiger partial charge < -0.3 is 29.5 Å². The standard InChI is InChI=1S/C45H58N4O10S2/c1-26(2)58-38-22-35(30-15-16-34(57-7)27(3)39(30)47-38)59-29-21-32-33(50)24-45(42(53)48-61(55,56)44(6)19-20-44)23-28(45)13-11-9-8-10-12-14-31(41(52)49(32)25-29)46-40(51)36-17-18-37(60-36)43(4,5)54/h11,13,15-18,22,26,28-29,31-32,54H,8-10,12,14,19-21,23-25H2,1-7H3,(H,46,51)(H,48,53)/b13-11-/t28-,29-,31+,32+,45-/m1/s1. The fraction of sp³-hybridized carbons (Fsp3) is 0.578. The van der Waals surface area contributed by atoms with Gasteiger partial charge in [0.2, 0.25) is 27.7 Å². The number of aryl methyl sites for hydroxylation is 1. The van der Waals surface area contributed by atoms with Gasteiger partial charge in [0.1, 0.15) is 23.6 Å². The normalized spacial score (nSPS) is 26.1. The summed E-state index contributed by atoms with van der Waals surface area (Å²) in [6.45, 7) is 10.5. The number of carbonyl (C=O) groups is 4. The molecule has 5 atom stereocenters. The summed E-state index contributed by atoms with van der Waals surface area (Å²) in [7, 11) is -2.40. The van der Waals surface area contributed by atoms with Crippen molar-refractivity contribution in [2.75, 3.05) is 13.7 Å². The van der Waals surface area contributed by atoms with Crippen molar-refractivity contribution in [2.24, 2.45) is 11.3 Å². The van der Waals surface area contributed by atoms with Crippen LogP contribution in [-0.2, 0) is 30.0 Å². The van der Waals surface area contributed by atoms with Crippen LogP contribution >= 0.6 is 11.3 Å². The van der Waals surface area contributed by atoms with Crippen molar-refractivity contribution in [3.63, 3.8) is 0 Å². The minimum absolute atomic E-state index is 0.00194. The molecule has 16 heteroatoms. The van der Waals surface area contributed by atoms with Gasteiger partial charge in [-0.05, 0) is 110 Å². The number of allylic oxidation sites excluding steroid dienone is 2. The third-order valence-corrected chi connectivity index (χ3v) is 16.1.